The number of nitrogens with zero attached hydrogens (tertiary/aromatic N) is 5. The van der Waals surface area contributed by atoms with E-state index in [-0.39, 0.29) is 0 Å². The maximum atomic E-state index is 4.11. The first-order valence-corrected chi connectivity index (χ1v) is 7.53. The molecule has 1 atom stereocenters. The maximum absolute atomic E-state index is 4.11. The van der Waals surface area contributed by atoms with Gasteiger partial charge in [-0.2, -0.15) is 4.68 Å². The van der Waals surface area contributed by atoms with E-state index < -0.39 is 0 Å². The van der Waals surface area contributed by atoms with Gasteiger partial charge in [-0.1, -0.05) is 32.0 Å². The lowest BCUT2D eigenvalue weighted by atomic mass is 10.3. The van der Waals surface area contributed by atoms with Gasteiger partial charge in [0.15, 0.2) is 5.82 Å². The summed E-state index contributed by atoms with van der Waals surface area (Å²) in [7, 11) is 0. The Kier molecular flexibility index (Phi) is 5.83. The van der Waals surface area contributed by atoms with Crippen molar-refractivity contribution in [3.8, 4) is 5.69 Å². The molecule has 6 nitrogen and oxygen atoms in total. The van der Waals surface area contributed by atoms with Crippen LogP contribution in [0, 0.1) is 0 Å². The number of rotatable bonds is 8. The Labute approximate surface area is 126 Å². The third kappa shape index (κ3) is 4.34. The highest BCUT2D eigenvalue weighted by molar-refractivity contribution is 5.30. The second-order valence-electron chi connectivity index (χ2n) is 5.11. The van der Waals surface area contributed by atoms with E-state index in [9.17, 15) is 0 Å². The number of hydrogen-bond acceptors (Lipinski definition) is 5. The Morgan fingerprint density at radius 1 is 1.19 bits per heavy atom. The molecule has 1 heterocycles. The van der Waals surface area contributed by atoms with Crippen LogP contribution in [0.15, 0.2) is 30.3 Å². The molecule has 0 aliphatic heterocycles. The van der Waals surface area contributed by atoms with Crippen molar-refractivity contribution in [2.75, 3.05) is 19.6 Å². The second kappa shape index (κ2) is 7.85. The first kappa shape index (κ1) is 15.6. The lowest BCUT2D eigenvalue weighted by Crippen LogP contribution is -2.39. The van der Waals surface area contributed by atoms with Crippen LogP contribution in [0.5, 0.6) is 0 Å². The quantitative estimate of drug-likeness (QED) is 0.797. The molecule has 0 amide bonds. The standard InChI is InChI=1S/C15H24N6/c1-4-20(5-2)12-13(3)16-11-15-17-18-19-21(15)14-9-7-6-8-10-14/h6-10,13,16H,4-5,11-12H2,1-3H3. The summed E-state index contributed by atoms with van der Waals surface area (Å²) in [6.45, 7) is 10.4. The number of likely N-dealkylation sites (N-methyl/N-ethyl adjacent to an activating group) is 1. The Bertz CT molecular complexity index is 520. The molecule has 0 bridgehead atoms. The SMILES string of the molecule is CCN(CC)CC(C)NCc1nnnn1-c1ccccc1. The monoisotopic (exact) mass is 288 g/mol. The predicted octanol–water partition coefficient (Wildman–Crippen LogP) is 1.48. The average Bonchev–Trinajstić information content (AvgIpc) is 3.00. The van der Waals surface area contributed by atoms with Crippen molar-refractivity contribution >= 4 is 0 Å². The van der Waals surface area contributed by atoms with Crippen molar-refractivity contribution < 1.29 is 0 Å². The largest absolute Gasteiger partial charge is 0.306 e. The van der Waals surface area contributed by atoms with Gasteiger partial charge in [0.05, 0.1) is 12.2 Å². The van der Waals surface area contributed by atoms with Crippen molar-refractivity contribution in [1.29, 1.82) is 0 Å². The van der Waals surface area contributed by atoms with Crippen molar-refractivity contribution in [3.05, 3.63) is 36.2 Å². The molecule has 114 valence electrons. The Morgan fingerprint density at radius 3 is 2.57 bits per heavy atom. The first-order chi connectivity index (χ1) is 10.2. The predicted molar refractivity (Wildman–Crippen MR) is 83.2 cm³/mol. The van der Waals surface area contributed by atoms with Gasteiger partial charge in [-0.3, -0.25) is 0 Å². The summed E-state index contributed by atoms with van der Waals surface area (Å²) in [6.07, 6.45) is 0. The molecule has 21 heavy (non-hydrogen) atoms. The highest BCUT2D eigenvalue weighted by atomic mass is 15.5. The molecule has 0 fully saturated rings. The van der Waals surface area contributed by atoms with Gasteiger partial charge in [-0.25, -0.2) is 0 Å². The fraction of sp³-hybridized carbons (Fsp3) is 0.533. The lowest BCUT2D eigenvalue weighted by molar-refractivity contribution is 0.270. The van der Waals surface area contributed by atoms with Crippen LogP contribution in [0.4, 0.5) is 0 Å². The van der Waals surface area contributed by atoms with Gasteiger partial charge >= 0.3 is 0 Å². The first-order valence-electron chi connectivity index (χ1n) is 7.53. The number of aromatic nitrogens is 4. The van der Waals surface area contributed by atoms with Gasteiger partial charge in [0.2, 0.25) is 0 Å². The minimum atomic E-state index is 0.394. The molecule has 0 aliphatic rings. The fourth-order valence-corrected chi connectivity index (χ4v) is 2.28. The summed E-state index contributed by atoms with van der Waals surface area (Å²) in [5.74, 6) is 0.826. The smallest absolute Gasteiger partial charge is 0.170 e. The molecular weight excluding hydrogens is 264 g/mol. The highest BCUT2D eigenvalue weighted by Gasteiger charge is 2.11. The van der Waals surface area contributed by atoms with Crippen LogP contribution in [-0.4, -0.2) is 50.8 Å². The molecule has 0 spiro atoms. The molecule has 1 aromatic carbocycles. The third-order valence-electron chi connectivity index (χ3n) is 3.57. The molecule has 6 heteroatoms. The van der Waals surface area contributed by atoms with Gasteiger partial charge in [0.1, 0.15) is 0 Å². The molecule has 0 radical (unpaired) electrons. The number of benzene rings is 1. The van der Waals surface area contributed by atoms with Gasteiger partial charge in [0, 0.05) is 12.6 Å². The molecular formula is C15H24N6. The Balaban J connectivity index is 1.94. The molecule has 2 rings (SSSR count). The molecule has 0 saturated carbocycles. The van der Waals surface area contributed by atoms with Crippen LogP contribution in [0.25, 0.3) is 5.69 Å². The Morgan fingerprint density at radius 2 is 1.90 bits per heavy atom. The molecule has 1 aromatic heterocycles. The van der Waals surface area contributed by atoms with Crippen LogP contribution in [0.1, 0.15) is 26.6 Å². The van der Waals surface area contributed by atoms with Crippen LogP contribution in [-0.2, 0) is 6.54 Å². The minimum Gasteiger partial charge on any atom is -0.306 e. The molecule has 2 aromatic rings. The fourth-order valence-electron chi connectivity index (χ4n) is 2.28. The molecule has 1 unspecified atom stereocenters. The van der Waals surface area contributed by atoms with E-state index in [4.69, 9.17) is 0 Å². The molecule has 1 N–H and O–H groups in total. The van der Waals surface area contributed by atoms with Gasteiger partial charge in [-0.05, 0) is 42.6 Å². The molecule has 0 saturated heterocycles. The normalized spacial score (nSPS) is 12.8. The van der Waals surface area contributed by atoms with Crippen molar-refractivity contribution in [2.45, 2.75) is 33.4 Å². The van der Waals surface area contributed by atoms with E-state index in [0.717, 1.165) is 31.1 Å². The lowest BCUT2D eigenvalue weighted by Gasteiger charge is -2.23. The summed E-state index contributed by atoms with van der Waals surface area (Å²) < 4.78 is 1.77. The van der Waals surface area contributed by atoms with E-state index in [1.54, 1.807) is 4.68 Å². The van der Waals surface area contributed by atoms with E-state index in [0.29, 0.717) is 12.6 Å². The zero-order valence-electron chi connectivity index (χ0n) is 13.0. The summed E-state index contributed by atoms with van der Waals surface area (Å²) in [5, 5.41) is 15.4. The van der Waals surface area contributed by atoms with Crippen LogP contribution in [0.3, 0.4) is 0 Å². The van der Waals surface area contributed by atoms with E-state index >= 15 is 0 Å². The Hall–Kier alpha value is -1.79. The zero-order valence-corrected chi connectivity index (χ0v) is 13.0. The van der Waals surface area contributed by atoms with Crippen LogP contribution in [0.2, 0.25) is 0 Å². The van der Waals surface area contributed by atoms with Crippen molar-refractivity contribution in [3.63, 3.8) is 0 Å². The summed E-state index contributed by atoms with van der Waals surface area (Å²) in [4.78, 5) is 2.40. The third-order valence-corrected chi connectivity index (χ3v) is 3.57. The number of para-hydroxylation sites is 1. The van der Waals surface area contributed by atoms with Gasteiger partial charge in [0.25, 0.3) is 0 Å². The zero-order chi connectivity index (χ0) is 15.1. The van der Waals surface area contributed by atoms with Crippen molar-refractivity contribution in [2.24, 2.45) is 0 Å². The topological polar surface area (TPSA) is 58.9 Å². The summed E-state index contributed by atoms with van der Waals surface area (Å²) >= 11 is 0. The maximum Gasteiger partial charge on any atom is 0.170 e. The van der Waals surface area contributed by atoms with E-state index in [1.165, 1.54) is 0 Å². The summed E-state index contributed by atoms with van der Waals surface area (Å²) in [6, 6.07) is 10.3. The van der Waals surface area contributed by atoms with Crippen molar-refractivity contribution in [1.82, 2.24) is 30.4 Å². The van der Waals surface area contributed by atoms with Gasteiger partial charge < -0.3 is 10.2 Å². The number of hydrogen-bond donors (Lipinski definition) is 1. The highest BCUT2D eigenvalue weighted by Crippen LogP contribution is 2.06. The molecule has 0 aliphatic carbocycles. The van der Waals surface area contributed by atoms with Crippen LogP contribution < -0.4 is 5.32 Å². The van der Waals surface area contributed by atoms with E-state index in [2.05, 4.69) is 46.5 Å². The average molecular weight is 288 g/mol. The second-order valence-corrected chi connectivity index (χ2v) is 5.11. The van der Waals surface area contributed by atoms with Gasteiger partial charge in [-0.15, -0.1) is 5.10 Å². The number of tetrazole rings is 1. The number of nitrogens with one attached hydrogen (secondary N) is 1. The minimum absolute atomic E-state index is 0.394. The summed E-state index contributed by atoms with van der Waals surface area (Å²) in [5.41, 5.74) is 0.982. The van der Waals surface area contributed by atoms with E-state index in [1.807, 2.05) is 30.3 Å². The van der Waals surface area contributed by atoms with Crippen LogP contribution >= 0.6 is 0 Å².